The van der Waals surface area contributed by atoms with Gasteiger partial charge in [-0.05, 0) is 13.2 Å². The first-order valence-electron chi connectivity index (χ1n) is 3.11. The molecule has 0 amide bonds. The highest BCUT2D eigenvalue weighted by atomic mass is 32.2. The maximum Gasteiger partial charge on any atom is 0.227 e. The Morgan fingerprint density at radius 1 is 1.60 bits per heavy atom. The van der Waals surface area contributed by atoms with E-state index in [-0.39, 0.29) is 0 Å². The fraction of sp³-hybridized carbons (Fsp3) is 0.667. The number of hydrogen-bond donors (Lipinski definition) is 0. The third kappa shape index (κ3) is 2.02. The third-order valence-corrected chi connectivity index (χ3v) is 1.70. The fourth-order valence-corrected chi connectivity index (χ4v) is 1.01. The Kier molecular flexibility index (Phi) is 2.74. The SMILES string of the molecule is CSCCc1nc(C)no1. The molecule has 0 saturated carbocycles. The van der Waals surface area contributed by atoms with Crippen molar-refractivity contribution in [1.29, 1.82) is 0 Å². The Morgan fingerprint density at radius 2 is 2.40 bits per heavy atom. The lowest BCUT2D eigenvalue weighted by molar-refractivity contribution is 0.379. The van der Waals surface area contributed by atoms with E-state index in [2.05, 4.69) is 16.4 Å². The largest absolute Gasteiger partial charge is 0.339 e. The van der Waals surface area contributed by atoms with Gasteiger partial charge in [0.1, 0.15) is 0 Å². The van der Waals surface area contributed by atoms with Crippen molar-refractivity contribution in [3.8, 4) is 0 Å². The Hall–Kier alpha value is -0.510. The molecule has 0 aliphatic carbocycles. The summed E-state index contributed by atoms with van der Waals surface area (Å²) < 4.78 is 4.89. The van der Waals surface area contributed by atoms with Crippen LogP contribution in [0.15, 0.2) is 4.52 Å². The molecule has 0 fully saturated rings. The van der Waals surface area contributed by atoms with Gasteiger partial charge in [0.15, 0.2) is 5.82 Å². The van der Waals surface area contributed by atoms with Crippen molar-refractivity contribution in [2.45, 2.75) is 13.3 Å². The van der Waals surface area contributed by atoms with Crippen LogP contribution in [0.4, 0.5) is 0 Å². The predicted molar refractivity (Wildman–Crippen MR) is 41.1 cm³/mol. The second kappa shape index (κ2) is 3.61. The lowest BCUT2D eigenvalue weighted by Gasteiger charge is -1.87. The van der Waals surface area contributed by atoms with Crippen LogP contribution in [-0.4, -0.2) is 22.1 Å². The lowest BCUT2D eigenvalue weighted by atomic mass is 10.5. The van der Waals surface area contributed by atoms with Crippen LogP contribution in [0.2, 0.25) is 0 Å². The van der Waals surface area contributed by atoms with E-state index in [9.17, 15) is 0 Å². The quantitative estimate of drug-likeness (QED) is 0.664. The topological polar surface area (TPSA) is 38.9 Å². The Bertz CT molecular complexity index is 199. The summed E-state index contributed by atoms with van der Waals surface area (Å²) in [5.74, 6) is 2.50. The molecule has 1 aromatic rings. The maximum atomic E-state index is 4.89. The predicted octanol–water partition coefficient (Wildman–Crippen LogP) is 1.28. The molecule has 3 nitrogen and oxygen atoms in total. The number of rotatable bonds is 3. The van der Waals surface area contributed by atoms with Gasteiger partial charge in [-0.2, -0.15) is 16.7 Å². The molecule has 0 saturated heterocycles. The van der Waals surface area contributed by atoms with Gasteiger partial charge in [-0.1, -0.05) is 5.16 Å². The molecule has 4 heteroatoms. The van der Waals surface area contributed by atoms with Crippen LogP contribution in [0.1, 0.15) is 11.7 Å². The summed E-state index contributed by atoms with van der Waals surface area (Å²) in [6, 6.07) is 0. The van der Waals surface area contributed by atoms with Crippen LogP contribution >= 0.6 is 11.8 Å². The minimum absolute atomic E-state index is 0.719. The van der Waals surface area contributed by atoms with Crippen molar-refractivity contribution in [3.63, 3.8) is 0 Å². The van der Waals surface area contributed by atoms with Gasteiger partial charge in [-0.25, -0.2) is 0 Å². The van der Waals surface area contributed by atoms with Gasteiger partial charge in [0, 0.05) is 12.2 Å². The van der Waals surface area contributed by atoms with E-state index in [1.807, 2.05) is 6.92 Å². The van der Waals surface area contributed by atoms with Crippen LogP contribution in [-0.2, 0) is 6.42 Å². The van der Waals surface area contributed by atoms with Crippen LogP contribution in [0.3, 0.4) is 0 Å². The van der Waals surface area contributed by atoms with Crippen molar-refractivity contribution in [3.05, 3.63) is 11.7 Å². The van der Waals surface area contributed by atoms with Crippen molar-refractivity contribution in [2.24, 2.45) is 0 Å². The summed E-state index contributed by atoms with van der Waals surface area (Å²) in [5.41, 5.74) is 0. The van der Waals surface area contributed by atoms with E-state index < -0.39 is 0 Å². The van der Waals surface area contributed by atoms with Gasteiger partial charge < -0.3 is 4.52 Å². The van der Waals surface area contributed by atoms with E-state index in [0.717, 1.165) is 23.9 Å². The number of aryl methyl sites for hydroxylation is 2. The summed E-state index contributed by atoms with van der Waals surface area (Å²) in [6.45, 7) is 1.83. The zero-order valence-corrected chi connectivity index (χ0v) is 6.94. The molecule has 0 aliphatic rings. The molecule has 0 aromatic carbocycles. The lowest BCUT2D eigenvalue weighted by Crippen LogP contribution is -1.87. The average molecular weight is 158 g/mol. The molecule has 1 heterocycles. The monoisotopic (exact) mass is 158 g/mol. The van der Waals surface area contributed by atoms with Gasteiger partial charge in [-0.3, -0.25) is 0 Å². The standard InChI is InChI=1S/C6H10N2OS/c1-5-7-6(9-8-5)3-4-10-2/h3-4H2,1-2H3. The number of thioether (sulfide) groups is 1. The molecule has 10 heavy (non-hydrogen) atoms. The molecule has 0 atom stereocenters. The van der Waals surface area contributed by atoms with E-state index in [1.165, 1.54) is 0 Å². The minimum atomic E-state index is 0.719. The average Bonchev–Trinajstić information content (AvgIpc) is 2.31. The second-order valence-electron chi connectivity index (χ2n) is 1.98. The van der Waals surface area contributed by atoms with Crippen molar-refractivity contribution in [2.75, 3.05) is 12.0 Å². The number of nitrogens with zero attached hydrogens (tertiary/aromatic N) is 2. The van der Waals surface area contributed by atoms with E-state index >= 15 is 0 Å². The van der Waals surface area contributed by atoms with Gasteiger partial charge >= 0.3 is 0 Å². The van der Waals surface area contributed by atoms with Crippen molar-refractivity contribution < 1.29 is 4.52 Å². The van der Waals surface area contributed by atoms with Gasteiger partial charge in [0.05, 0.1) is 0 Å². The second-order valence-corrected chi connectivity index (χ2v) is 2.96. The van der Waals surface area contributed by atoms with Crippen molar-refractivity contribution in [1.82, 2.24) is 10.1 Å². The fourth-order valence-electron chi connectivity index (χ4n) is 0.631. The third-order valence-electron chi connectivity index (χ3n) is 1.09. The minimum Gasteiger partial charge on any atom is -0.339 e. The first-order chi connectivity index (χ1) is 4.83. The summed E-state index contributed by atoms with van der Waals surface area (Å²) in [7, 11) is 0. The molecular formula is C6H10N2OS. The Labute approximate surface area is 64.2 Å². The smallest absolute Gasteiger partial charge is 0.227 e. The Balaban J connectivity index is 2.42. The zero-order chi connectivity index (χ0) is 7.40. The zero-order valence-electron chi connectivity index (χ0n) is 6.13. The Morgan fingerprint density at radius 3 is 2.90 bits per heavy atom. The highest BCUT2D eigenvalue weighted by molar-refractivity contribution is 7.98. The number of aromatic nitrogens is 2. The molecule has 0 N–H and O–H groups in total. The van der Waals surface area contributed by atoms with Crippen molar-refractivity contribution >= 4 is 11.8 Å². The normalized spacial score (nSPS) is 10.2. The van der Waals surface area contributed by atoms with Gasteiger partial charge in [-0.15, -0.1) is 0 Å². The first kappa shape index (κ1) is 7.60. The number of hydrogen-bond acceptors (Lipinski definition) is 4. The van der Waals surface area contributed by atoms with Gasteiger partial charge in [0.25, 0.3) is 0 Å². The molecule has 1 aromatic heterocycles. The molecule has 56 valence electrons. The summed E-state index contributed by atoms with van der Waals surface area (Å²) >= 11 is 1.78. The summed E-state index contributed by atoms with van der Waals surface area (Å²) in [6.07, 6.45) is 2.94. The van der Waals surface area contributed by atoms with E-state index in [0.29, 0.717) is 0 Å². The van der Waals surface area contributed by atoms with E-state index in [1.54, 1.807) is 11.8 Å². The molecule has 0 aliphatic heterocycles. The van der Waals surface area contributed by atoms with Gasteiger partial charge in [0.2, 0.25) is 5.89 Å². The highest BCUT2D eigenvalue weighted by Gasteiger charge is 1.99. The highest BCUT2D eigenvalue weighted by Crippen LogP contribution is 2.01. The van der Waals surface area contributed by atoms with Crippen LogP contribution < -0.4 is 0 Å². The molecule has 0 bridgehead atoms. The maximum absolute atomic E-state index is 4.89. The molecule has 0 unspecified atom stereocenters. The van der Waals surface area contributed by atoms with E-state index in [4.69, 9.17) is 4.52 Å². The molecule has 0 spiro atoms. The molecule has 0 radical (unpaired) electrons. The molecule has 1 rings (SSSR count). The van der Waals surface area contributed by atoms with Crippen LogP contribution in [0, 0.1) is 6.92 Å². The van der Waals surface area contributed by atoms with Crippen LogP contribution in [0.5, 0.6) is 0 Å². The summed E-state index contributed by atoms with van der Waals surface area (Å²) in [4.78, 5) is 4.06. The van der Waals surface area contributed by atoms with Crippen LogP contribution in [0.25, 0.3) is 0 Å². The summed E-state index contributed by atoms with van der Waals surface area (Å²) in [5, 5.41) is 3.67. The first-order valence-corrected chi connectivity index (χ1v) is 4.50. The molecular weight excluding hydrogens is 148 g/mol.